The zero-order valence-electron chi connectivity index (χ0n) is 13.2. The van der Waals surface area contributed by atoms with Crippen LogP contribution in [0.1, 0.15) is 52.4 Å². The number of hydrogen-bond donors (Lipinski definition) is 0. The topological polar surface area (TPSA) is 54.0 Å². The molecule has 0 amide bonds. The van der Waals surface area contributed by atoms with Crippen LogP contribution in [-0.2, 0) is 23.7 Å². The molecular weight excluding hydrogens is 272 g/mol. The van der Waals surface area contributed by atoms with Crippen molar-refractivity contribution in [1.82, 2.24) is 0 Å². The Morgan fingerprint density at radius 1 is 1.19 bits per heavy atom. The van der Waals surface area contributed by atoms with Crippen LogP contribution in [0.4, 0.5) is 0 Å². The van der Waals surface area contributed by atoms with Gasteiger partial charge >= 0.3 is 5.97 Å². The van der Waals surface area contributed by atoms with Crippen molar-refractivity contribution in [2.24, 2.45) is 5.92 Å². The van der Waals surface area contributed by atoms with Crippen molar-refractivity contribution < 1.29 is 23.7 Å². The average molecular weight is 300 g/mol. The van der Waals surface area contributed by atoms with Gasteiger partial charge in [0.2, 0.25) is 0 Å². The molecule has 0 aromatic rings. The predicted octanol–water partition coefficient (Wildman–Crippen LogP) is 2.67. The van der Waals surface area contributed by atoms with Gasteiger partial charge < -0.3 is 18.9 Å². The quantitative estimate of drug-likeness (QED) is 0.645. The smallest absolute Gasteiger partial charge is 0.308 e. The highest BCUT2D eigenvalue weighted by molar-refractivity contribution is 5.72. The van der Waals surface area contributed by atoms with E-state index in [0.717, 1.165) is 38.5 Å². The molecule has 2 fully saturated rings. The SMILES string of the molecule is CCCCC(CCC1OC2COCC(C2)O1)C(=O)OCC. The molecule has 0 aliphatic carbocycles. The van der Waals surface area contributed by atoms with Crippen LogP contribution < -0.4 is 0 Å². The summed E-state index contributed by atoms with van der Waals surface area (Å²) in [6.07, 6.45) is 5.58. The van der Waals surface area contributed by atoms with Crippen molar-refractivity contribution in [2.75, 3.05) is 19.8 Å². The van der Waals surface area contributed by atoms with Gasteiger partial charge in [-0.1, -0.05) is 19.8 Å². The third-order valence-corrected chi connectivity index (χ3v) is 4.10. The van der Waals surface area contributed by atoms with E-state index in [2.05, 4.69) is 6.92 Å². The van der Waals surface area contributed by atoms with E-state index in [1.165, 1.54) is 0 Å². The summed E-state index contributed by atoms with van der Waals surface area (Å²) in [6, 6.07) is 0. The highest BCUT2D eigenvalue weighted by Crippen LogP contribution is 2.27. The number of unbranched alkanes of at least 4 members (excludes halogenated alkanes) is 1. The molecule has 2 aliphatic rings. The van der Waals surface area contributed by atoms with E-state index in [4.69, 9.17) is 18.9 Å². The molecule has 2 heterocycles. The van der Waals surface area contributed by atoms with Crippen LogP contribution in [0, 0.1) is 5.92 Å². The molecule has 122 valence electrons. The molecular formula is C16H28O5. The molecule has 0 aromatic heterocycles. The number of carbonyl (C=O) groups is 1. The Hall–Kier alpha value is -0.650. The van der Waals surface area contributed by atoms with Crippen LogP contribution in [-0.4, -0.2) is 44.3 Å². The fraction of sp³-hybridized carbons (Fsp3) is 0.938. The second-order valence-electron chi connectivity index (χ2n) is 5.89. The van der Waals surface area contributed by atoms with Gasteiger partial charge in [-0.2, -0.15) is 0 Å². The Balaban J connectivity index is 1.78. The molecule has 0 radical (unpaired) electrons. The summed E-state index contributed by atoms with van der Waals surface area (Å²) in [7, 11) is 0. The molecule has 2 aliphatic heterocycles. The van der Waals surface area contributed by atoms with Crippen LogP contribution >= 0.6 is 0 Å². The number of carbonyl (C=O) groups excluding carboxylic acids is 1. The number of esters is 1. The molecule has 0 spiro atoms. The lowest BCUT2D eigenvalue weighted by atomic mass is 9.96. The molecule has 5 nitrogen and oxygen atoms in total. The second-order valence-corrected chi connectivity index (χ2v) is 5.89. The summed E-state index contributed by atoms with van der Waals surface area (Å²) < 4.78 is 22.3. The molecule has 2 bridgehead atoms. The highest BCUT2D eigenvalue weighted by atomic mass is 16.7. The molecule has 0 aromatic carbocycles. The molecule has 0 N–H and O–H groups in total. The highest BCUT2D eigenvalue weighted by Gasteiger charge is 2.34. The summed E-state index contributed by atoms with van der Waals surface area (Å²) in [4.78, 5) is 12.0. The second kappa shape index (κ2) is 8.71. The van der Waals surface area contributed by atoms with Crippen LogP contribution in [0.25, 0.3) is 0 Å². The van der Waals surface area contributed by atoms with Gasteiger partial charge in [0.05, 0.1) is 37.9 Å². The minimum Gasteiger partial charge on any atom is -0.466 e. The first-order chi connectivity index (χ1) is 10.2. The first kappa shape index (κ1) is 16.7. The van der Waals surface area contributed by atoms with E-state index in [1.807, 2.05) is 6.92 Å². The van der Waals surface area contributed by atoms with Gasteiger partial charge in [0, 0.05) is 6.42 Å². The molecule has 2 saturated heterocycles. The van der Waals surface area contributed by atoms with Crippen LogP contribution in [0.3, 0.4) is 0 Å². The van der Waals surface area contributed by atoms with Gasteiger partial charge in [-0.3, -0.25) is 4.79 Å². The van der Waals surface area contributed by atoms with Gasteiger partial charge in [0.25, 0.3) is 0 Å². The Labute approximate surface area is 127 Å². The van der Waals surface area contributed by atoms with Crippen molar-refractivity contribution in [3.8, 4) is 0 Å². The van der Waals surface area contributed by atoms with Crippen LogP contribution in [0.15, 0.2) is 0 Å². The Bertz CT molecular complexity index is 308. The third kappa shape index (κ3) is 5.24. The average Bonchev–Trinajstić information content (AvgIpc) is 2.47. The lowest BCUT2D eigenvalue weighted by molar-refractivity contribution is -0.285. The van der Waals surface area contributed by atoms with Gasteiger partial charge in [-0.15, -0.1) is 0 Å². The van der Waals surface area contributed by atoms with Gasteiger partial charge in [0.1, 0.15) is 0 Å². The first-order valence-corrected chi connectivity index (χ1v) is 8.28. The summed E-state index contributed by atoms with van der Waals surface area (Å²) in [5, 5.41) is 0. The zero-order valence-corrected chi connectivity index (χ0v) is 13.2. The van der Waals surface area contributed by atoms with Gasteiger partial charge in [0.15, 0.2) is 6.29 Å². The van der Waals surface area contributed by atoms with Gasteiger partial charge in [-0.05, 0) is 26.2 Å². The molecule has 3 unspecified atom stereocenters. The van der Waals surface area contributed by atoms with Crippen molar-refractivity contribution in [1.29, 1.82) is 0 Å². The van der Waals surface area contributed by atoms with Crippen LogP contribution in [0.2, 0.25) is 0 Å². The maximum Gasteiger partial charge on any atom is 0.308 e. The summed E-state index contributed by atoms with van der Waals surface area (Å²) in [5.74, 6) is -0.111. The molecule has 21 heavy (non-hydrogen) atoms. The predicted molar refractivity (Wildman–Crippen MR) is 77.9 cm³/mol. The lowest BCUT2D eigenvalue weighted by Crippen LogP contribution is -2.46. The summed E-state index contributed by atoms with van der Waals surface area (Å²) in [6.45, 7) is 5.75. The van der Waals surface area contributed by atoms with Crippen molar-refractivity contribution in [2.45, 2.75) is 70.9 Å². The fourth-order valence-electron chi connectivity index (χ4n) is 2.98. The maximum atomic E-state index is 12.0. The first-order valence-electron chi connectivity index (χ1n) is 8.28. The standard InChI is InChI=1S/C16H28O5/c1-3-5-6-12(16(17)19-4-2)7-8-15-20-13-9-14(21-15)11-18-10-13/h12-15H,3-11H2,1-2H3. The number of fused-ring (bicyclic) bond motifs is 2. The van der Waals surface area contributed by atoms with E-state index in [1.54, 1.807) is 0 Å². The zero-order chi connectivity index (χ0) is 15.1. The largest absolute Gasteiger partial charge is 0.466 e. The normalized spacial score (nSPS) is 29.9. The summed E-state index contributed by atoms with van der Waals surface area (Å²) >= 11 is 0. The monoisotopic (exact) mass is 300 g/mol. The maximum absolute atomic E-state index is 12.0. The van der Waals surface area contributed by atoms with E-state index in [9.17, 15) is 4.79 Å². The van der Waals surface area contributed by atoms with Crippen LogP contribution in [0.5, 0.6) is 0 Å². The number of hydrogen-bond acceptors (Lipinski definition) is 5. The summed E-state index contributed by atoms with van der Waals surface area (Å²) in [5.41, 5.74) is 0. The van der Waals surface area contributed by atoms with Gasteiger partial charge in [-0.25, -0.2) is 0 Å². The van der Waals surface area contributed by atoms with E-state index in [0.29, 0.717) is 19.8 Å². The molecule has 5 heteroatoms. The lowest BCUT2D eigenvalue weighted by Gasteiger charge is -2.39. The third-order valence-electron chi connectivity index (χ3n) is 4.10. The van der Waals surface area contributed by atoms with E-state index < -0.39 is 0 Å². The Morgan fingerprint density at radius 3 is 2.52 bits per heavy atom. The Kier molecular flexibility index (Phi) is 6.93. The number of rotatable bonds is 8. The van der Waals surface area contributed by atoms with E-state index in [-0.39, 0.29) is 30.4 Å². The van der Waals surface area contributed by atoms with Crippen molar-refractivity contribution in [3.63, 3.8) is 0 Å². The molecule has 0 saturated carbocycles. The molecule has 3 atom stereocenters. The molecule has 2 rings (SSSR count). The minimum absolute atomic E-state index is 0.0323. The van der Waals surface area contributed by atoms with Crippen molar-refractivity contribution in [3.05, 3.63) is 0 Å². The Morgan fingerprint density at radius 2 is 1.90 bits per heavy atom. The number of ether oxygens (including phenoxy) is 4. The fourth-order valence-corrected chi connectivity index (χ4v) is 2.98. The minimum atomic E-state index is -0.198. The van der Waals surface area contributed by atoms with E-state index >= 15 is 0 Å². The van der Waals surface area contributed by atoms with Crippen molar-refractivity contribution >= 4 is 5.97 Å².